The number of allylic oxidation sites excluding steroid dienone is 5. The molecular formula is C19H23ClN2O3Si. The van der Waals surface area contributed by atoms with Crippen LogP contribution in [0.1, 0.15) is 5.56 Å². The highest BCUT2D eigenvalue weighted by molar-refractivity contribution is 6.71. The summed E-state index contributed by atoms with van der Waals surface area (Å²) in [6, 6.07) is 9.30. The molecule has 0 spiro atoms. The van der Waals surface area contributed by atoms with Crippen LogP contribution in [0.4, 0.5) is 0 Å². The van der Waals surface area contributed by atoms with Gasteiger partial charge in [0.1, 0.15) is 6.54 Å². The predicted octanol–water partition coefficient (Wildman–Crippen LogP) is 4.23. The van der Waals surface area contributed by atoms with Crippen LogP contribution in [-0.2, 0) is 9.22 Å². The number of hydrogen-bond acceptors (Lipinski definition) is 5. The molecule has 7 heteroatoms. The molecule has 0 saturated heterocycles. The van der Waals surface area contributed by atoms with E-state index in [4.69, 9.17) is 16.0 Å². The van der Waals surface area contributed by atoms with Gasteiger partial charge in [0.15, 0.2) is 0 Å². The van der Waals surface area contributed by atoms with E-state index in [2.05, 4.69) is 4.99 Å². The Morgan fingerprint density at radius 2 is 1.88 bits per heavy atom. The first-order valence-corrected chi connectivity index (χ1v) is 12.0. The molecule has 1 aromatic carbocycles. The number of rotatable bonds is 5. The van der Waals surface area contributed by atoms with Gasteiger partial charge in [-0.25, -0.2) is 5.06 Å². The van der Waals surface area contributed by atoms with Crippen molar-refractivity contribution < 1.29 is 14.4 Å². The summed E-state index contributed by atoms with van der Waals surface area (Å²) >= 11 is 6.16. The minimum absolute atomic E-state index is 0.288. The van der Waals surface area contributed by atoms with Crippen molar-refractivity contribution in [2.24, 2.45) is 4.99 Å². The van der Waals surface area contributed by atoms with E-state index < -0.39 is 14.3 Å². The fraction of sp³-hybridized carbons (Fsp3) is 0.263. The molecule has 0 atom stereocenters. The van der Waals surface area contributed by atoms with Crippen molar-refractivity contribution in [3.05, 3.63) is 64.7 Å². The zero-order chi connectivity index (χ0) is 19.3. The first-order chi connectivity index (χ1) is 12.2. The highest BCUT2D eigenvalue weighted by Gasteiger charge is 2.25. The van der Waals surface area contributed by atoms with Gasteiger partial charge in [-0.2, -0.15) is 0 Å². The summed E-state index contributed by atoms with van der Waals surface area (Å²) in [6.45, 7) is 5.46. The Bertz CT molecular complexity index is 793. The van der Waals surface area contributed by atoms with Crippen molar-refractivity contribution in [2.75, 3.05) is 13.6 Å². The van der Waals surface area contributed by atoms with Gasteiger partial charge in [0.25, 0.3) is 0 Å². The maximum atomic E-state index is 12.2. The van der Waals surface area contributed by atoms with Crippen LogP contribution >= 0.6 is 11.6 Å². The lowest BCUT2D eigenvalue weighted by Gasteiger charge is -2.25. The van der Waals surface area contributed by atoms with Crippen LogP contribution in [0.3, 0.4) is 0 Å². The summed E-state index contributed by atoms with van der Waals surface area (Å²) in [7, 11) is -0.380. The lowest BCUT2D eigenvalue weighted by Crippen LogP contribution is -2.35. The normalized spacial score (nSPS) is 17.8. The number of benzene rings is 1. The molecule has 0 unspecified atom stereocenters. The van der Waals surface area contributed by atoms with E-state index in [1.165, 1.54) is 0 Å². The summed E-state index contributed by atoms with van der Waals surface area (Å²) < 4.78 is 5.45. The van der Waals surface area contributed by atoms with E-state index >= 15 is 0 Å². The Kier molecular flexibility index (Phi) is 6.58. The average molecular weight is 391 g/mol. The van der Waals surface area contributed by atoms with Crippen molar-refractivity contribution in [1.82, 2.24) is 5.06 Å². The Hall–Kier alpha value is -2.15. The largest absolute Gasteiger partial charge is 0.519 e. The number of hydroxylamine groups is 2. The van der Waals surface area contributed by atoms with Gasteiger partial charge in [0.2, 0.25) is 8.32 Å². The molecule has 2 rings (SSSR count). The third kappa shape index (κ3) is 5.42. The fourth-order valence-electron chi connectivity index (χ4n) is 2.51. The highest BCUT2D eigenvalue weighted by atomic mass is 35.5. The Morgan fingerprint density at radius 3 is 2.46 bits per heavy atom. The summed E-state index contributed by atoms with van der Waals surface area (Å²) in [5.74, 6) is -0.475. The SMILES string of the molecule is CN=C1C=CC(Cl)=CC1=C(c1ccccc1)N(O)CC(=O)O[Si](C)(C)C. The molecule has 0 heterocycles. The van der Waals surface area contributed by atoms with Crippen LogP contribution in [0.25, 0.3) is 5.70 Å². The van der Waals surface area contributed by atoms with E-state index in [0.717, 1.165) is 10.6 Å². The summed E-state index contributed by atoms with van der Waals surface area (Å²) in [4.78, 5) is 16.5. The summed E-state index contributed by atoms with van der Waals surface area (Å²) in [6.07, 6.45) is 5.23. The number of carbonyl (C=O) groups is 1. The fourth-order valence-corrected chi connectivity index (χ4v) is 3.43. The van der Waals surface area contributed by atoms with Crippen molar-refractivity contribution in [1.29, 1.82) is 0 Å². The second-order valence-corrected chi connectivity index (χ2v) is 11.6. The van der Waals surface area contributed by atoms with Gasteiger partial charge >= 0.3 is 5.97 Å². The zero-order valence-electron chi connectivity index (χ0n) is 15.4. The van der Waals surface area contributed by atoms with Crippen molar-refractivity contribution in [2.45, 2.75) is 19.6 Å². The molecule has 1 N–H and O–H groups in total. The lowest BCUT2D eigenvalue weighted by atomic mass is 9.98. The summed E-state index contributed by atoms with van der Waals surface area (Å²) in [5, 5.41) is 12.1. The first-order valence-electron chi connectivity index (χ1n) is 8.21. The molecule has 1 aliphatic rings. The minimum Gasteiger partial charge on any atom is -0.519 e. The number of carbonyl (C=O) groups excluding carboxylic acids is 1. The van der Waals surface area contributed by atoms with E-state index in [-0.39, 0.29) is 6.54 Å². The lowest BCUT2D eigenvalue weighted by molar-refractivity contribution is -0.143. The van der Waals surface area contributed by atoms with Crippen LogP contribution in [0, 0.1) is 0 Å². The van der Waals surface area contributed by atoms with Crippen molar-refractivity contribution in [3.63, 3.8) is 0 Å². The maximum absolute atomic E-state index is 12.2. The Balaban J connectivity index is 2.48. The number of nitrogens with zero attached hydrogens (tertiary/aromatic N) is 2. The van der Waals surface area contributed by atoms with Gasteiger partial charge in [-0.1, -0.05) is 41.9 Å². The van der Waals surface area contributed by atoms with E-state index in [1.54, 1.807) is 25.3 Å². The molecule has 1 aliphatic carbocycles. The monoisotopic (exact) mass is 390 g/mol. The molecule has 0 bridgehead atoms. The van der Waals surface area contributed by atoms with Crippen LogP contribution in [0.2, 0.25) is 19.6 Å². The van der Waals surface area contributed by atoms with Crippen LogP contribution < -0.4 is 0 Å². The molecule has 1 aromatic rings. The molecule has 0 saturated carbocycles. The Labute approximate surface area is 160 Å². The second-order valence-electron chi connectivity index (χ2n) is 6.74. The number of halogens is 1. The molecule has 5 nitrogen and oxygen atoms in total. The minimum atomic E-state index is -2.04. The van der Waals surface area contributed by atoms with Gasteiger partial charge in [0.05, 0.1) is 11.4 Å². The van der Waals surface area contributed by atoms with E-state index in [1.807, 2.05) is 50.0 Å². The Morgan fingerprint density at radius 1 is 1.23 bits per heavy atom. The van der Waals surface area contributed by atoms with Gasteiger partial charge in [-0.05, 0) is 37.9 Å². The quantitative estimate of drug-likeness (QED) is 0.603. The standard InChI is InChI=1S/C19H23ClN2O3Si/c1-21-17-11-10-15(20)12-16(17)19(14-8-6-5-7-9-14)22(24)13-18(23)25-26(2,3)4/h5-12,24H,13H2,1-4H3. The molecule has 0 aromatic heterocycles. The third-order valence-electron chi connectivity index (χ3n) is 3.46. The van der Waals surface area contributed by atoms with Gasteiger partial charge in [-0.3, -0.25) is 15.0 Å². The van der Waals surface area contributed by atoms with E-state index in [9.17, 15) is 10.0 Å². The van der Waals surface area contributed by atoms with E-state index in [0.29, 0.717) is 22.0 Å². The molecule has 0 radical (unpaired) electrons. The van der Waals surface area contributed by atoms with Crippen molar-refractivity contribution >= 4 is 37.3 Å². The zero-order valence-corrected chi connectivity index (χ0v) is 17.1. The van der Waals surface area contributed by atoms with Crippen molar-refractivity contribution in [3.8, 4) is 0 Å². The summed E-state index contributed by atoms with van der Waals surface area (Å²) in [5.41, 5.74) is 2.48. The van der Waals surface area contributed by atoms with Gasteiger partial charge < -0.3 is 4.43 Å². The molecule has 0 fully saturated rings. The third-order valence-corrected chi connectivity index (χ3v) is 4.53. The van der Waals surface area contributed by atoms with Crippen LogP contribution in [-0.4, -0.2) is 43.9 Å². The van der Waals surface area contributed by atoms with Crippen LogP contribution in [0.5, 0.6) is 0 Å². The maximum Gasteiger partial charge on any atom is 0.314 e. The topological polar surface area (TPSA) is 62.1 Å². The molecule has 138 valence electrons. The van der Waals surface area contributed by atoms with Gasteiger partial charge in [0, 0.05) is 23.2 Å². The predicted molar refractivity (Wildman–Crippen MR) is 108 cm³/mol. The molecule has 26 heavy (non-hydrogen) atoms. The number of hydrogen-bond donors (Lipinski definition) is 1. The smallest absolute Gasteiger partial charge is 0.314 e. The van der Waals surface area contributed by atoms with Gasteiger partial charge in [-0.15, -0.1) is 0 Å². The number of aliphatic imine (C=N–C) groups is 1. The first kappa shape index (κ1) is 20.2. The average Bonchev–Trinajstić information content (AvgIpc) is 2.54. The highest BCUT2D eigenvalue weighted by Crippen LogP contribution is 2.28. The molecule has 0 aliphatic heterocycles. The van der Waals surface area contributed by atoms with Crippen LogP contribution in [0.15, 0.2) is 64.2 Å². The molecule has 0 amide bonds. The molecular weight excluding hydrogens is 368 g/mol. The second kappa shape index (κ2) is 8.49.